The SMILES string of the molecule is CCCCCc1nc(N(Cc2ccccc2)Cc2ccccc2)c2ncn(C)c2n1. The maximum Gasteiger partial charge on any atom is 0.165 e. The van der Waals surface area contributed by atoms with Gasteiger partial charge in [-0.15, -0.1) is 0 Å². The lowest BCUT2D eigenvalue weighted by Gasteiger charge is -2.25. The molecule has 154 valence electrons. The average Bonchev–Trinajstić information content (AvgIpc) is 3.15. The Bertz CT molecular complexity index is 1030. The average molecular weight is 400 g/mol. The van der Waals surface area contributed by atoms with Gasteiger partial charge in [-0.2, -0.15) is 0 Å². The van der Waals surface area contributed by atoms with Crippen molar-refractivity contribution < 1.29 is 0 Å². The van der Waals surface area contributed by atoms with Crippen molar-refractivity contribution in [2.24, 2.45) is 7.05 Å². The van der Waals surface area contributed by atoms with Crippen LogP contribution < -0.4 is 4.90 Å². The summed E-state index contributed by atoms with van der Waals surface area (Å²) in [6, 6.07) is 21.1. The number of anilines is 1. The summed E-state index contributed by atoms with van der Waals surface area (Å²) >= 11 is 0. The zero-order valence-corrected chi connectivity index (χ0v) is 17.8. The molecule has 0 aliphatic carbocycles. The number of aryl methyl sites for hydroxylation is 2. The first kappa shape index (κ1) is 20.1. The van der Waals surface area contributed by atoms with Crippen LogP contribution in [0.1, 0.15) is 43.1 Å². The summed E-state index contributed by atoms with van der Waals surface area (Å²) in [5.41, 5.74) is 4.27. The molecule has 0 saturated carbocycles. The van der Waals surface area contributed by atoms with E-state index in [1.807, 2.05) is 17.9 Å². The van der Waals surface area contributed by atoms with Gasteiger partial charge in [0.25, 0.3) is 0 Å². The van der Waals surface area contributed by atoms with Crippen molar-refractivity contribution in [1.82, 2.24) is 19.5 Å². The van der Waals surface area contributed by atoms with Crippen LogP contribution in [0.5, 0.6) is 0 Å². The molecule has 5 heteroatoms. The molecule has 0 spiro atoms. The van der Waals surface area contributed by atoms with Gasteiger partial charge in [-0.05, 0) is 17.5 Å². The van der Waals surface area contributed by atoms with Crippen molar-refractivity contribution in [1.29, 1.82) is 0 Å². The molecule has 0 bridgehead atoms. The Balaban J connectivity index is 1.75. The normalized spacial score (nSPS) is 11.1. The Labute approximate surface area is 178 Å². The molecule has 2 aromatic carbocycles. The quantitative estimate of drug-likeness (QED) is 0.358. The predicted molar refractivity (Wildman–Crippen MR) is 122 cm³/mol. The standard InChI is InChI=1S/C25H29N5/c1-3-4-7-16-22-27-24-23(26-19-29(24)2)25(28-22)30(17-20-12-8-5-9-13-20)18-21-14-10-6-11-15-21/h5-6,8-15,19H,3-4,7,16-18H2,1-2H3. The summed E-state index contributed by atoms with van der Waals surface area (Å²) in [6.07, 6.45) is 6.22. The molecule has 0 atom stereocenters. The molecule has 0 fully saturated rings. The van der Waals surface area contributed by atoms with Gasteiger partial charge in [0.1, 0.15) is 5.82 Å². The zero-order chi connectivity index (χ0) is 20.8. The van der Waals surface area contributed by atoms with E-state index in [0.29, 0.717) is 0 Å². The van der Waals surface area contributed by atoms with Crippen molar-refractivity contribution in [2.45, 2.75) is 45.7 Å². The Morgan fingerprint density at radius 1 is 0.833 bits per heavy atom. The van der Waals surface area contributed by atoms with E-state index >= 15 is 0 Å². The van der Waals surface area contributed by atoms with Crippen LogP contribution in [-0.4, -0.2) is 19.5 Å². The molecule has 2 aromatic heterocycles. The minimum absolute atomic E-state index is 0.771. The Kier molecular flexibility index (Phi) is 6.38. The molecule has 4 rings (SSSR count). The highest BCUT2D eigenvalue weighted by atomic mass is 15.2. The molecule has 0 aliphatic rings. The second-order valence-corrected chi connectivity index (χ2v) is 7.78. The maximum atomic E-state index is 5.02. The third-order valence-corrected chi connectivity index (χ3v) is 5.32. The summed E-state index contributed by atoms with van der Waals surface area (Å²) in [4.78, 5) is 16.8. The lowest BCUT2D eigenvalue weighted by Crippen LogP contribution is -2.24. The van der Waals surface area contributed by atoms with Crippen LogP contribution in [-0.2, 0) is 26.6 Å². The number of rotatable bonds is 9. The van der Waals surface area contributed by atoms with Gasteiger partial charge < -0.3 is 9.47 Å². The molecule has 2 heterocycles. The van der Waals surface area contributed by atoms with Gasteiger partial charge >= 0.3 is 0 Å². The fourth-order valence-electron chi connectivity index (χ4n) is 3.71. The number of benzene rings is 2. The van der Waals surface area contributed by atoms with E-state index in [0.717, 1.165) is 48.7 Å². The first-order valence-electron chi connectivity index (χ1n) is 10.8. The monoisotopic (exact) mass is 399 g/mol. The molecular formula is C25H29N5. The topological polar surface area (TPSA) is 46.8 Å². The second kappa shape index (κ2) is 9.53. The molecule has 0 amide bonds. The van der Waals surface area contributed by atoms with Crippen LogP contribution in [0.4, 0.5) is 5.82 Å². The number of imidazole rings is 1. The van der Waals surface area contributed by atoms with Crippen molar-refractivity contribution in [3.05, 3.63) is 83.9 Å². The number of aromatic nitrogens is 4. The minimum atomic E-state index is 0.771. The molecule has 0 radical (unpaired) electrons. The predicted octanol–water partition coefficient (Wildman–Crippen LogP) is 5.30. The largest absolute Gasteiger partial charge is 0.346 e. The van der Waals surface area contributed by atoms with Crippen LogP contribution in [0.2, 0.25) is 0 Å². The number of hydrogen-bond acceptors (Lipinski definition) is 4. The van der Waals surface area contributed by atoms with Crippen LogP contribution in [0.15, 0.2) is 67.0 Å². The van der Waals surface area contributed by atoms with Gasteiger partial charge in [0.15, 0.2) is 17.0 Å². The van der Waals surface area contributed by atoms with E-state index in [9.17, 15) is 0 Å². The van der Waals surface area contributed by atoms with E-state index < -0.39 is 0 Å². The molecule has 0 N–H and O–H groups in total. The van der Waals surface area contributed by atoms with Crippen molar-refractivity contribution in [3.8, 4) is 0 Å². The van der Waals surface area contributed by atoms with E-state index in [-0.39, 0.29) is 0 Å². The lowest BCUT2D eigenvalue weighted by molar-refractivity contribution is 0.689. The van der Waals surface area contributed by atoms with Gasteiger partial charge in [-0.3, -0.25) is 0 Å². The lowest BCUT2D eigenvalue weighted by atomic mass is 10.1. The molecule has 0 saturated heterocycles. The second-order valence-electron chi connectivity index (χ2n) is 7.78. The molecule has 0 unspecified atom stereocenters. The number of hydrogen-bond donors (Lipinski definition) is 0. The van der Waals surface area contributed by atoms with Crippen molar-refractivity contribution >= 4 is 17.0 Å². The molecule has 30 heavy (non-hydrogen) atoms. The van der Waals surface area contributed by atoms with Crippen LogP contribution in [0, 0.1) is 0 Å². The fourth-order valence-corrected chi connectivity index (χ4v) is 3.71. The summed E-state index contributed by atoms with van der Waals surface area (Å²) in [5, 5.41) is 0. The van der Waals surface area contributed by atoms with Crippen LogP contribution in [0.25, 0.3) is 11.2 Å². The van der Waals surface area contributed by atoms with E-state index in [1.54, 1.807) is 0 Å². The smallest absolute Gasteiger partial charge is 0.165 e. The summed E-state index contributed by atoms with van der Waals surface area (Å²) in [6.45, 7) is 3.76. The summed E-state index contributed by atoms with van der Waals surface area (Å²) in [5.74, 6) is 1.82. The Morgan fingerprint density at radius 3 is 2.07 bits per heavy atom. The number of fused-ring (bicyclic) bond motifs is 1. The Hall–Kier alpha value is -3.21. The highest BCUT2D eigenvalue weighted by Gasteiger charge is 2.18. The van der Waals surface area contributed by atoms with Gasteiger partial charge in [-0.1, -0.05) is 80.4 Å². The van der Waals surface area contributed by atoms with E-state index in [2.05, 4.69) is 77.5 Å². The van der Waals surface area contributed by atoms with Gasteiger partial charge in [0.2, 0.25) is 0 Å². The number of unbranched alkanes of at least 4 members (excludes halogenated alkanes) is 2. The molecule has 0 aliphatic heterocycles. The van der Waals surface area contributed by atoms with Gasteiger partial charge in [0, 0.05) is 26.6 Å². The third-order valence-electron chi connectivity index (χ3n) is 5.32. The van der Waals surface area contributed by atoms with E-state index in [4.69, 9.17) is 9.97 Å². The van der Waals surface area contributed by atoms with Crippen LogP contribution >= 0.6 is 0 Å². The maximum absolute atomic E-state index is 5.02. The number of nitrogens with zero attached hydrogens (tertiary/aromatic N) is 5. The first-order valence-corrected chi connectivity index (χ1v) is 10.8. The Morgan fingerprint density at radius 2 is 1.47 bits per heavy atom. The molecular weight excluding hydrogens is 370 g/mol. The molecule has 5 nitrogen and oxygen atoms in total. The van der Waals surface area contributed by atoms with Gasteiger partial charge in [-0.25, -0.2) is 15.0 Å². The summed E-state index contributed by atoms with van der Waals surface area (Å²) < 4.78 is 1.99. The molecule has 4 aromatic rings. The van der Waals surface area contributed by atoms with Gasteiger partial charge in [0.05, 0.1) is 6.33 Å². The highest BCUT2D eigenvalue weighted by Crippen LogP contribution is 2.26. The fraction of sp³-hybridized carbons (Fsp3) is 0.320. The summed E-state index contributed by atoms with van der Waals surface area (Å²) in [7, 11) is 2.00. The first-order chi connectivity index (χ1) is 14.7. The van der Waals surface area contributed by atoms with Crippen molar-refractivity contribution in [2.75, 3.05) is 4.90 Å². The minimum Gasteiger partial charge on any atom is -0.346 e. The van der Waals surface area contributed by atoms with Crippen LogP contribution in [0.3, 0.4) is 0 Å². The van der Waals surface area contributed by atoms with Crippen molar-refractivity contribution in [3.63, 3.8) is 0 Å². The highest BCUT2D eigenvalue weighted by molar-refractivity contribution is 5.83. The third kappa shape index (κ3) is 4.67. The zero-order valence-electron chi connectivity index (χ0n) is 17.8. The van der Waals surface area contributed by atoms with E-state index in [1.165, 1.54) is 24.0 Å².